The van der Waals surface area contributed by atoms with Crippen molar-refractivity contribution < 1.29 is 0 Å². The van der Waals surface area contributed by atoms with Gasteiger partial charge < -0.3 is 0 Å². The molecule has 0 amide bonds. The van der Waals surface area contributed by atoms with Gasteiger partial charge in [-0.2, -0.15) is 0 Å². The Morgan fingerprint density at radius 1 is 1.21 bits per heavy atom. The third kappa shape index (κ3) is 2.15. The van der Waals surface area contributed by atoms with Crippen LogP contribution in [0.4, 0.5) is 0 Å². The summed E-state index contributed by atoms with van der Waals surface area (Å²) in [6.45, 7) is 7.19. The van der Waals surface area contributed by atoms with Crippen LogP contribution in [-0.4, -0.2) is 0 Å². The van der Waals surface area contributed by atoms with E-state index < -0.39 is 0 Å². The lowest BCUT2D eigenvalue weighted by atomic mass is 9.53. The van der Waals surface area contributed by atoms with Crippen molar-refractivity contribution in [3.8, 4) is 0 Å². The Labute approximate surface area is 89.5 Å². The van der Waals surface area contributed by atoms with Crippen molar-refractivity contribution in [1.82, 2.24) is 0 Å². The van der Waals surface area contributed by atoms with Crippen LogP contribution in [-0.2, 0) is 0 Å². The molecule has 0 aromatic heterocycles. The predicted octanol–water partition coefficient (Wildman–Crippen LogP) is 4.64. The fraction of sp³-hybridized carbons (Fsp3) is 1.00. The van der Waals surface area contributed by atoms with Crippen molar-refractivity contribution in [3.63, 3.8) is 0 Å². The zero-order valence-electron chi connectivity index (χ0n) is 10.2. The van der Waals surface area contributed by atoms with Crippen molar-refractivity contribution in [3.05, 3.63) is 0 Å². The first-order chi connectivity index (χ1) is 6.60. The van der Waals surface area contributed by atoms with E-state index in [2.05, 4.69) is 20.8 Å². The molecule has 2 aliphatic rings. The summed E-state index contributed by atoms with van der Waals surface area (Å²) in [7, 11) is 0. The van der Waals surface area contributed by atoms with Gasteiger partial charge in [-0.1, -0.05) is 33.6 Å². The first kappa shape index (κ1) is 10.5. The van der Waals surface area contributed by atoms with E-state index in [9.17, 15) is 0 Å². The van der Waals surface area contributed by atoms with Crippen LogP contribution in [0.1, 0.15) is 65.7 Å². The van der Waals surface area contributed by atoms with Crippen molar-refractivity contribution in [2.24, 2.45) is 23.2 Å². The van der Waals surface area contributed by atoms with Gasteiger partial charge in [0.25, 0.3) is 0 Å². The highest BCUT2D eigenvalue weighted by Gasteiger charge is 2.45. The zero-order valence-corrected chi connectivity index (χ0v) is 10.2. The molecule has 2 rings (SSSR count). The maximum absolute atomic E-state index is 2.46. The van der Waals surface area contributed by atoms with Gasteiger partial charge in [-0.3, -0.25) is 0 Å². The fourth-order valence-electron chi connectivity index (χ4n) is 4.14. The Hall–Kier alpha value is 0. The second kappa shape index (κ2) is 3.87. The molecule has 0 bridgehead atoms. The van der Waals surface area contributed by atoms with Gasteiger partial charge in [0, 0.05) is 0 Å². The Kier molecular flexibility index (Phi) is 2.91. The highest BCUT2D eigenvalue weighted by atomic mass is 14.5. The summed E-state index contributed by atoms with van der Waals surface area (Å²) in [5.74, 6) is 3.02. The van der Waals surface area contributed by atoms with Gasteiger partial charge in [0.1, 0.15) is 0 Å². The molecule has 0 nitrogen and oxygen atoms in total. The minimum Gasteiger partial charge on any atom is -0.0628 e. The Bertz CT molecular complexity index is 186. The lowest BCUT2D eigenvalue weighted by Gasteiger charge is -2.52. The number of rotatable bonds is 2. The molecule has 2 fully saturated rings. The molecule has 1 atom stereocenters. The van der Waals surface area contributed by atoms with Crippen LogP contribution in [0.15, 0.2) is 0 Å². The van der Waals surface area contributed by atoms with Crippen molar-refractivity contribution >= 4 is 0 Å². The summed E-state index contributed by atoms with van der Waals surface area (Å²) in [4.78, 5) is 0. The minimum atomic E-state index is 0.831. The van der Waals surface area contributed by atoms with E-state index in [1.54, 1.807) is 25.7 Å². The zero-order chi connectivity index (χ0) is 10.2. The van der Waals surface area contributed by atoms with E-state index in [1.165, 1.54) is 19.3 Å². The molecule has 1 unspecified atom stereocenters. The van der Waals surface area contributed by atoms with E-state index in [4.69, 9.17) is 0 Å². The molecule has 14 heavy (non-hydrogen) atoms. The molecule has 0 heteroatoms. The molecular weight excluding hydrogens is 168 g/mol. The summed E-state index contributed by atoms with van der Waals surface area (Å²) >= 11 is 0. The molecule has 82 valence electrons. The van der Waals surface area contributed by atoms with Gasteiger partial charge in [0.05, 0.1) is 0 Å². The molecule has 0 aromatic rings. The van der Waals surface area contributed by atoms with E-state index >= 15 is 0 Å². The molecule has 0 aromatic carbocycles. The summed E-state index contributed by atoms with van der Waals surface area (Å²) in [5.41, 5.74) is 0.831. The van der Waals surface area contributed by atoms with Crippen LogP contribution in [0, 0.1) is 23.2 Å². The predicted molar refractivity (Wildman–Crippen MR) is 62.2 cm³/mol. The van der Waals surface area contributed by atoms with Gasteiger partial charge in [-0.15, -0.1) is 0 Å². The molecule has 0 heterocycles. The summed E-state index contributed by atoms with van der Waals surface area (Å²) in [6, 6.07) is 0. The molecule has 0 N–H and O–H groups in total. The van der Waals surface area contributed by atoms with Gasteiger partial charge in [-0.25, -0.2) is 0 Å². The molecule has 0 saturated heterocycles. The molecule has 2 aliphatic carbocycles. The molecule has 0 radical (unpaired) electrons. The van der Waals surface area contributed by atoms with Crippen LogP contribution in [0.2, 0.25) is 0 Å². The van der Waals surface area contributed by atoms with Crippen LogP contribution < -0.4 is 0 Å². The first-order valence-electron chi connectivity index (χ1n) is 6.60. The second-order valence-corrected chi connectivity index (χ2v) is 6.61. The third-order valence-corrected chi connectivity index (χ3v) is 4.43. The van der Waals surface area contributed by atoms with Crippen molar-refractivity contribution in [2.75, 3.05) is 0 Å². The molecule has 0 aliphatic heterocycles. The maximum Gasteiger partial charge on any atom is -0.0290 e. The van der Waals surface area contributed by atoms with Gasteiger partial charge >= 0.3 is 0 Å². The molecule has 1 spiro atoms. The van der Waals surface area contributed by atoms with Crippen molar-refractivity contribution in [1.29, 1.82) is 0 Å². The Morgan fingerprint density at radius 3 is 2.50 bits per heavy atom. The van der Waals surface area contributed by atoms with Crippen LogP contribution in [0.5, 0.6) is 0 Å². The molecule has 2 saturated carbocycles. The standard InChI is InChI=1S/C14H26/c1-11(2)7-13-9-14(10-13)6-4-5-12(3)8-14/h11-13H,4-10H2,1-3H3. The maximum atomic E-state index is 2.46. The van der Waals surface area contributed by atoms with Gasteiger partial charge in [-0.05, 0) is 55.3 Å². The Morgan fingerprint density at radius 2 is 1.93 bits per heavy atom. The van der Waals surface area contributed by atoms with E-state index in [0.717, 1.165) is 23.2 Å². The average molecular weight is 194 g/mol. The molecular formula is C14H26. The topological polar surface area (TPSA) is 0 Å². The highest BCUT2D eigenvalue weighted by Crippen LogP contribution is 2.57. The Balaban J connectivity index is 1.79. The lowest BCUT2D eigenvalue weighted by molar-refractivity contribution is -0.0119. The van der Waals surface area contributed by atoms with Gasteiger partial charge in [0.15, 0.2) is 0 Å². The van der Waals surface area contributed by atoms with E-state index in [0.29, 0.717) is 0 Å². The van der Waals surface area contributed by atoms with Crippen LogP contribution >= 0.6 is 0 Å². The van der Waals surface area contributed by atoms with Crippen LogP contribution in [0.3, 0.4) is 0 Å². The number of hydrogen-bond donors (Lipinski definition) is 0. The number of hydrogen-bond acceptors (Lipinski definition) is 0. The largest absolute Gasteiger partial charge is 0.0628 e. The minimum absolute atomic E-state index is 0.831. The average Bonchev–Trinajstić information content (AvgIpc) is 2.00. The summed E-state index contributed by atoms with van der Waals surface area (Å²) in [6.07, 6.45) is 10.7. The normalized spacial score (nSPS) is 42.9. The lowest BCUT2D eigenvalue weighted by Crippen LogP contribution is -2.41. The second-order valence-electron chi connectivity index (χ2n) is 6.61. The van der Waals surface area contributed by atoms with Crippen LogP contribution in [0.25, 0.3) is 0 Å². The van der Waals surface area contributed by atoms with Gasteiger partial charge in [0.2, 0.25) is 0 Å². The quantitative estimate of drug-likeness (QED) is 0.601. The van der Waals surface area contributed by atoms with E-state index in [-0.39, 0.29) is 0 Å². The first-order valence-corrected chi connectivity index (χ1v) is 6.60. The SMILES string of the molecule is CC(C)CC1CC2(CCCC(C)C2)C1. The third-order valence-electron chi connectivity index (χ3n) is 4.43. The smallest absolute Gasteiger partial charge is 0.0290 e. The monoisotopic (exact) mass is 194 g/mol. The highest BCUT2D eigenvalue weighted by molar-refractivity contribution is 4.96. The van der Waals surface area contributed by atoms with E-state index in [1.807, 2.05) is 0 Å². The van der Waals surface area contributed by atoms with Crippen molar-refractivity contribution in [2.45, 2.75) is 65.7 Å². The fourth-order valence-corrected chi connectivity index (χ4v) is 4.14. The summed E-state index contributed by atoms with van der Waals surface area (Å²) < 4.78 is 0. The summed E-state index contributed by atoms with van der Waals surface area (Å²) in [5, 5.41) is 0.